The average Bonchev–Trinajstić information content (AvgIpc) is 3.87. The van der Waals surface area contributed by atoms with E-state index in [1.165, 1.54) is 55.2 Å². The molecule has 78 heavy (non-hydrogen) atoms. The average molecular weight is 1100 g/mol. The van der Waals surface area contributed by atoms with Gasteiger partial charge >= 0.3 is 43.0 Å². The molecule has 3 aliphatic rings. The molecule has 3 amide bonds. The van der Waals surface area contributed by atoms with Crippen LogP contribution in [0, 0.1) is 0 Å². The van der Waals surface area contributed by atoms with Crippen LogP contribution >= 0.6 is 0 Å². The maximum Gasteiger partial charge on any atom is 0.416 e. The Balaban J connectivity index is 1.45. The normalized spacial score (nSPS) is 20.3. The lowest BCUT2D eigenvalue weighted by Gasteiger charge is -2.43. The number of esters is 5. The van der Waals surface area contributed by atoms with E-state index in [9.17, 15) is 48.5 Å². The first-order valence-corrected chi connectivity index (χ1v) is 24.6. The van der Waals surface area contributed by atoms with Gasteiger partial charge in [0.25, 0.3) is 11.8 Å². The zero-order chi connectivity index (χ0) is 57.1. The second-order valence-electron chi connectivity index (χ2n) is 17.5. The summed E-state index contributed by atoms with van der Waals surface area (Å²) in [4.78, 5) is 113. The van der Waals surface area contributed by atoms with Crippen LogP contribution in [0.2, 0.25) is 6.82 Å². The van der Waals surface area contributed by atoms with E-state index in [1.54, 1.807) is 13.1 Å². The molecular formula is C50H65BN4O23. The van der Waals surface area contributed by atoms with E-state index in [0.29, 0.717) is 0 Å². The highest BCUT2D eigenvalue weighted by Crippen LogP contribution is 2.42. The maximum atomic E-state index is 14.4. The van der Waals surface area contributed by atoms with Gasteiger partial charge in [0.2, 0.25) is 12.4 Å². The van der Waals surface area contributed by atoms with Crippen LogP contribution in [0.3, 0.4) is 0 Å². The highest BCUT2D eigenvalue weighted by molar-refractivity contribution is 6.44. The molecule has 1 unspecified atom stereocenters. The summed E-state index contributed by atoms with van der Waals surface area (Å²) < 4.78 is 66.7. The molecule has 1 saturated heterocycles. The first-order valence-electron chi connectivity index (χ1n) is 24.6. The van der Waals surface area contributed by atoms with Gasteiger partial charge in [-0.15, -0.1) is 0 Å². The molecule has 0 radical (unpaired) electrons. The van der Waals surface area contributed by atoms with Crippen LogP contribution in [0.1, 0.15) is 73.2 Å². The zero-order valence-electron chi connectivity index (χ0n) is 44.2. The number of hydrogen-bond donors (Lipinski definition) is 4. The molecule has 0 aliphatic carbocycles. The fraction of sp³-hybridized carbons (Fsp3) is 0.520. The summed E-state index contributed by atoms with van der Waals surface area (Å²) in [6.07, 6.45) is -8.27. The van der Waals surface area contributed by atoms with E-state index >= 15 is 0 Å². The molecule has 2 aromatic rings. The number of carbonyl (C=O) groups excluding carboxylic acids is 8. The van der Waals surface area contributed by atoms with E-state index in [2.05, 4.69) is 17.3 Å². The van der Waals surface area contributed by atoms with Crippen LogP contribution in [-0.2, 0) is 78.0 Å². The minimum absolute atomic E-state index is 0.00960. The van der Waals surface area contributed by atoms with Crippen LogP contribution in [0.5, 0.6) is 17.2 Å². The highest BCUT2D eigenvalue weighted by Gasteiger charge is 2.56. The van der Waals surface area contributed by atoms with Crippen molar-refractivity contribution in [3.8, 4) is 17.2 Å². The van der Waals surface area contributed by atoms with Crippen molar-refractivity contribution < 1.29 is 110 Å². The summed E-state index contributed by atoms with van der Waals surface area (Å²) in [5, 5.41) is 26.2. The molecule has 3 heterocycles. The molecule has 7 atom stereocenters. The summed E-state index contributed by atoms with van der Waals surface area (Å²) >= 11 is 0. The summed E-state index contributed by atoms with van der Waals surface area (Å²) in [7, 11) is 1.50. The predicted molar refractivity (Wildman–Crippen MR) is 267 cm³/mol. The maximum absolute atomic E-state index is 14.4. The van der Waals surface area contributed by atoms with Crippen LogP contribution in [0.15, 0.2) is 54.8 Å². The quantitative estimate of drug-likeness (QED) is 0.0235. The van der Waals surface area contributed by atoms with E-state index in [-0.39, 0.29) is 112 Å². The third kappa shape index (κ3) is 17.1. The monoisotopic (exact) mass is 1100 g/mol. The molecule has 0 bridgehead atoms. The van der Waals surface area contributed by atoms with Crippen LogP contribution in [0.25, 0.3) is 0 Å². The van der Waals surface area contributed by atoms with Gasteiger partial charge < -0.3 is 82.0 Å². The van der Waals surface area contributed by atoms with Gasteiger partial charge in [0.05, 0.1) is 76.7 Å². The Hall–Kier alpha value is -7.34. The van der Waals surface area contributed by atoms with E-state index in [0.717, 1.165) is 38.4 Å². The third-order valence-electron chi connectivity index (χ3n) is 11.4. The Morgan fingerprint density at radius 1 is 0.859 bits per heavy atom. The molecule has 1 fully saturated rings. The second kappa shape index (κ2) is 30.0. The number of nitrogens with zero attached hydrogens (tertiary/aromatic N) is 2. The molecule has 426 valence electrons. The first kappa shape index (κ1) is 61.5. The standard InChI is InChI=1S/C50H65BN4O23/c1-9-15-71-40(59)11-10-16-70-39-25-35-33(24-38(39)66-7)46(61)54-26-28(2)22-36(54)47(62)55(35)50(64)72-27-32-12-13-37(34(23-32)45(60)52-14-17-68-18-19-69-20-21-73-53-51(6)65)77-49-44(76-31(5)58)42(75-30(4)57)41(74-29(3)56)43(78-49)48(63)67-8/h9,12-13,23-26,36,41-44,47,49,53,62,65H,1,10-11,14-22,27H2,2-8H3,(H,52,60)/t36-,41-,42-,43-,44+,47?,49+/m0/s1. The Morgan fingerprint density at radius 3 is 2.21 bits per heavy atom. The molecule has 3 aliphatic heterocycles. The Morgan fingerprint density at radius 2 is 1.54 bits per heavy atom. The lowest BCUT2D eigenvalue weighted by Crippen LogP contribution is -2.64. The summed E-state index contributed by atoms with van der Waals surface area (Å²) in [6.45, 7) is 9.81. The minimum atomic E-state index is -1.87. The smallest absolute Gasteiger partial charge is 0.416 e. The molecule has 0 saturated carbocycles. The van der Waals surface area contributed by atoms with Gasteiger partial charge in [-0.2, -0.15) is 0 Å². The van der Waals surface area contributed by atoms with Crippen molar-refractivity contribution in [3.63, 3.8) is 0 Å². The largest absolute Gasteiger partial charge is 0.493 e. The third-order valence-corrected chi connectivity index (χ3v) is 11.4. The van der Waals surface area contributed by atoms with Gasteiger partial charge in [0.15, 0.2) is 36.0 Å². The van der Waals surface area contributed by atoms with Gasteiger partial charge in [-0.05, 0) is 50.4 Å². The van der Waals surface area contributed by atoms with Crippen molar-refractivity contribution in [2.45, 2.75) is 103 Å². The zero-order valence-corrected chi connectivity index (χ0v) is 44.2. The van der Waals surface area contributed by atoms with Crippen molar-refractivity contribution in [2.75, 3.05) is 71.9 Å². The molecule has 27 nitrogen and oxygen atoms in total. The molecular weight excluding hydrogens is 1040 g/mol. The molecule has 0 aromatic heterocycles. The summed E-state index contributed by atoms with van der Waals surface area (Å²) in [5.41, 5.74) is 0.505. The SMILES string of the molecule is C=CCOC(=O)CCCOc1cc2c(cc1OC)C(=O)N1C=C(C)C[C@H]1C(O)N2C(=O)OCc1ccc(O[C@@H]2O[C@H](C(=O)OC)[C@@H](OC(C)=O)[C@H](OC(C)=O)[C@H]2OC(C)=O)c(C(=O)NCCOCCOCCONB(C)O)c1. The molecule has 28 heteroatoms. The predicted octanol–water partition coefficient (Wildman–Crippen LogP) is 1.64. The Labute approximate surface area is 449 Å². The van der Waals surface area contributed by atoms with E-state index < -0.39 is 104 Å². The number of aliphatic hydroxyl groups excluding tert-OH is 1. The second-order valence-corrected chi connectivity index (χ2v) is 17.5. The van der Waals surface area contributed by atoms with Gasteiger partial charge in [-0.1, -0.05) is 24.3 Å². The fourth-order valence-corrected chi connectivity index (χ4v) is 8.14. The number of ether oxygens (including phenoxy) is 12. The molecule has 5 rings (SSSR count). The first-order chi connectivity index (χ1) is 37.3. The van der Waals surface area contributed by atoms with E-state index in [4.69, 9.17) is 61.7 Å². The Bertz CT molecular complexity index is 2510. The van der Waals surface area contributed by atoms with Gasteiger partial charge in [0, 0.05) is 46.0 Å². The fourth-order valence-electron chi connectivity index (χ4n) is 8.14. The lowest BCUT2D eigenvalue weighted by atomic mass is 9.92. The van der Waals surface area contributed by atoms with Crippen LogP contribution < -0.4 is 29.8 Å². The Kier molecular flexibility index (Phi) is 23.6. The highest BCUT2D eigenvalue weighted by atomic mass is 16.7. The van der Waals surface area contributed by atoms with Crippen LogP contribution in [-0.4, -0.2) is 180 Å². The van der Waals surface area contributed by atoms with E-state index in [1.807, 2.05) is 0 Å². The number of carbonyl (C=O) groups is 8. The van der Waals surface area contributed by atoms with Gasteiger partial charge in [0.1, 0.15) is 19.0 Å². The number of anilines is 1. The lowest BCUT2D eigenvalue weighted by molar-refractivity contribution is -0.282. The number of benzene rings is 2. The number of amides is 3. The number of nitrogens with one attached hydrogen (secondary N) is 2. The minimum Gasteiger partial charge on any atom is -0.493 e. The number of rotatable bonds is 28. The summed E-state index contributed by atoms with van der Waals surface area (Å²) in [5.74, 6) is -5.86. The van der Waals surface area contributed by atoms with Gasteiger partial charge in [-0.3, -0.25) is 28.8 Å². The van der Waals surface area contributed by atoms with Gasteiger partial charge in [-0.25, -0.2) is 19.9 Å². The van der Waals surface area contributed by atoms with Crippen molar-refractivity contribution >= 4 is 60.5 Å². The van der Waals surface area contributed by atoms with Crippen molar-refractivity contribution in [2.24, 2.45) is 0 Å². The van der Waals surface area contributed by atoms with Crippen LogP contribution in [0.4, 0.5) is 10.5 Å². The molecule has 2 aromatic carbocycles. The number of aliphatic hydroxyl groups is 1. The topological polar surface area (TPSA) is 328 Å². The number of hydrogen-bond acceptors (Lipinski definition) is 24. The van der Waals surface area contributed by atoms with Crippen molar-refractivity contribution in [3.05, 3.63) is 71.5 Å². The van der Waals surface area contributed by atoms with Crippen molar-refractivity contribution in [1.82, 2.24) is 15.6 Å². The summed E-state index contributed by atoms with van der Waals surface area (Å²) in [6, 6.07) is 5.68. The molecule has 4 N–H and O–H groups in total. The molecule has 0 spiro atoms. The number of fused-ring (bicyclic) bond motifs is 2. The number of methoxy groups -OCH3 is 2. The van der Waals surface area contributed by atoms with Crippen molar-refractivity contribution in [1.29, 1.82) is 0 Å².